The van der Waals surface area contributed by atoms with Crippen molar-refractivity contribution in [2.24, 2.45) is 7.05 Å². The van der Waals surface area contributed by atoms with Gasteiger partial charge in [0.1, 0.15) is 5.75 Å². The van der Waals surface area contributed by atoms with Gasteiger partial charge in [0.15, 0.2) is 0 Å². The van der Waals surface area contributed by atoms with Crippen molar-refractivity contribution in [2.45, 2.75) is 38.8 Å². The maximum absolute atomic E-state index is 12.7. The van der Waals surface area contributed by atoms with Crippen LogP contribution in [0.4, 0.5) is 5.69 Å². The van der Waals surface area contributed by atoms with E-state index in [1.54, 1.807) is 7.11 Å². The smallest absolute Gasteiger partial charge is 0.241 e. The molecule has 0 bridgehead atoms. The number of aryl methyl sites for hydroxylation is 2. The molecule has 0 radical (unpaired) electrons. The quantitative estimate of drug-likeness (QED) is 0.877. The summed E-state index contributed by atoms with van der Waals surface area (Å²) in [5.41, 5.74) is 3.13. The van der Waals surface area contributed by atoms with E-state index in [9.17, 15) is 4.79 Å². The molecule has 1 aromatic heterocycles. The fourth-order valence-electron chi connectivity index (χ4n) is 3.44. The lowest BCUT2D eigenvalue weighted by atomic mass is 10.1. The number of likely N-dealkylation sites (tertiary alicyclic amines) is 1. The summed E-state index contributed by atoms with van der Waals surface area (Å²) >= 11 is 0. The van der Waals surface area contributed by atoms with Crippen LogP contribution in [-0.2, 0) is 24.8 Å². The van der Waals surface area contributed by atoms with E-state index < -0.39 is 0 Å². The fraction of sp³-hybridized carbons (Fsp3) is 0.474. The summed E-state index contributed by atoms with van der Waals surface area (Å²) in [6.45, 7) is 3.83. The molecule has 6 heteroatoms. The van der Waals surface area contributed by atoms with Gasteiger partial charge in [0, 0.05) is 31.0 Å². The van der Waals surface area contributed by atoms with Gasteiger partial charge < -0.3 is 10.1 Å². The minimum atomic E-state index is -0.0907. The number of ether oxygens (including phenoxy) is 1. The predicted octanol–water partition coefficient (Wildman–Crippen LogP) is 2.59. The zero-order valence-electron chi connectivity index (χ0n) is 15.2. The first kappa shape index (κ1) is 17.5. The fourth-order valence-corrected chi connectivity index (χ4v) is 3.44. The van der Waals surface area contributed by atoms with Gasteiger partial charge in [0.05, 0.1) is 18.8 Å². The Morgan fingerprint density at radius 1 is 1.36 bits per heavy atom. The topological polar surface area (TPSA) is 59.4 Å². The Morgan fingerprint density at radius 2 is 2.12 bits per heavy atom. The van der Waals surface area contributed by atoms with Crippen LogP contribution in [0.2, 0.25) is 0 Å². The number of carbonyl (C=O) groups excluding carboxylic acids is 1. The number of aromatic nitrogens is 2. The number of hydrogen-bond acceptors (Lipinski definition) is 4. The lowest BCUT2D eigenvalue weighted by Crippen LogP contribution is -2.39. The second kappa shape index (κ2) is 7.70. The van der Waals surface area contributed by atoms with Gasteiger partial charge in [0.25, 0.3) is 0 Å². The van der Waals surface area contributed by atoms with Crippen LogP contribution < -0.4 is 10.1 Å². The first-order valence-electron chi connectivity index (χ1n) is 8.81. The molecule has 0 saturated carbocycles. The van der Waals surface area contributed by atoms with E-state index >= 15 is 0 Å². The molecule has 1 atom stereocenters. The van der Waals surface area contributed by atoms with Crippen molar-refractivity contribution in [1.29, 1.82) is 0 Å². The molecule has 134 valence electrons. The zero-order valence-corrected chi connectivity index (χ0v) is 15.2. The summed E-state index contributed by atoms with van der Waals surface area (Å²) in [5, 5.41) is 7.53. The molecule has 2 heterocycles. The van der Waals surface area contributed by atoms with E-state index in [4.69, 9.17) is 4.74 Å². The predicted molar refractivity (Wildman–Crippen MR) is 97.6 cm³/mol. The highest BCUT2D eigenvalue weighted by Gasteiger charge is 2.31. The summed E-state index contributed by atoms with van der Waals surface area (Å²) in [4.78, 5) is 15.0. The van der Waals surface area contributed by atoms with E-state index in [-0.39, 0.29) is 11.9 Å². The zero-order chi connectivity index (χ0) is 17.8. The maximum atomic E-state index is 12.7. The van der Waals surface area contributed by atoms with Crippen LogP contribution in [0.25, 0.3) is 0 Å². The van der Waals surface area contributed by atoms with E-state index in [1.807, 2.05) is 36.0 Å². The minimum Gasteiger partial charge on any atom is -0.497 e. The number of benzene rings is 1. The molecule has 0 unspecified atom stereocenters. The Morgan fingerprint density at radius 3 is 2.80 bits per heavy atom. The lowest BCUT2D eigenvalue weighted by Gasteiger charge is -2.23. The van der Waals surface area contributed by atoms with Gasteiger partial charge in [-0.25, -0.2) is 0 Å². The average molecular weight is 342 g/mol. The number of amides is 1. The molecule has 1 amide bonds. The van der Waals surface area contributed by atoms with Gasteiger partial charge in [0.2, 0.25) is 5.91 Å². The number of nitrogens with zero attached hydrogens (tertiary/aromatic N) is 3. The molecule has 1 saturated heterocycles. The van der Waals surface area contributed by atoms with Crippen LogP contribution in [-0.4, -0.2) is 40.3 Å². The monoisotopic (exact) mass is 342 g/mol. The number of carbonyl (C=O) groups is 1. The normalized spacial score (nSPS) is 17.6. The van der Waals surface area contributed by atoms with Crippen LogP contribution in [0.5, 0.6) is 5.75 Å². The van der Waals surface area contributed by atoms with Crippen LogP contribution in [0.3, 0.4) is 0 Å². The molecule has 6 nitrogen and oxygen atoms in total. The third-order valence-corrected chi connectivity index (χ3v) is 4.72. The number of methoxy groups -OCH3 is 1. The number of nitrogens with one attached hydrogen (secondary N) is 1. The Labute approximate surface area is 148 Å². The van der Waals surface area contributed by atoms with Gasteiger partial charge >= 0.3 is 0 Å². The van der Waals surface area contributed by atoms with E-state index in [0.717, 1.165) is 49.5 Å². The molecular weight excluding hydrogens is 316 g/mol. The number of hydrogen-bond donors (Lipinski definition) is 1. The number of anilines is 1. The highest BCUT2D eigenvalue weighted by molar-refractivity contribution is 5.95. The maximum Gasteiger partial charge on any atom is 0.241 e. The molecule has 1 aliphatic heterocycles. The van der Waals surface area contributed by atoms with Gasteiger partial charge in [-0.15, -0.1) is 0 Å². The van der Waals surface area contributed by atoms with Crippen LogP contribution in [0.15, 0.2) is 30.5 Å². The van der Waals surface area contributed by atoms with Crippen LogP contribution in [0.1, 0.15) is 31.0 Å². The second-order valence-corrected chi connectivity index (χ2v) is 6.47. The largest absolute Gasteiger partial charge is 0.497 e. The Balaban J connectivity index is 1.66. The third-order valence-electron chi connectivity index (χ3n) is 4.72. The van der Waals surface area contributed by atoms with E-state index in [1.165, 1.54) is 5.56 Å². The molecule has 0 spiro atoms. The highest BCUT2D eigenvalue weighted by atomic mass is 16.5. The van der Waals surface area contributed by atoms with Crippen molar-refractivity contribution in [1.82, 2.24) is 14.7 Å². The van der Waals surface area contributed by atoms with Gasteiger partial charge in [-0.3, -0.25) is 14.4 Å². The van der Waals surface area contributed by atoms with Crippen molar-refractivity contribution in [3.63, 3.8) is 0 Å². The first-order valence-corrected chi connectivity index (χ1v) is 8.81. The van der Waals surface area contributed by atoms with Crippen LogP contribution in [0, 0.1) is 0 Å². The molecule has 1 aromatic carbocycles. The summed E-state index contributed by atoms with van der Waals surface area (Å²) in [6, 6.07) is 7.35. The highest BCUT2D eigenvalue weighted by Crippen LogP contribution is 2.23. The van der Waals surface area contributed by atoms with E-state index in [0.29, 0.717) is 0 Å². The summed E-state index contributed by atoms with van der Waals surface area (Å²) < 4.78 is 7.01. The minimum absolute atomic E-state index is 0.0598. The Kier molecular flexibility index (Phi) is 5.38. The van der Waals surface area contributed by atoms with Gasteiger partial charge in [-0.05, 0) is 50.1 Å². The van der Waals surface area contributed by atoms with Crippen molar-refractivity contribution < 1.29 is 9.53 Å². The Bertz CT molecular complexity index is 724. The standard InChI is InChI=1S/C19H26N4O2/c1-4-17-14(12-22(2)21-17)13-23-11-5-6-18(23)19(24)20-15-7-9-16(25-3)10-8-15/h7-10,12,18H,4-6,11,13H2,1-3H3,(H,20,24)/t18-/m1/s1. The molecule has 3 rings (SSSR count). The summed E-state index contributed by atoms with van der Waals surface area (Å²) in [6.07, 6.45) is 4.91. The van der Waals surface area contributed by atoms with Crippen molar-refractivity contribution in [3.8, 4) is 5.75 Å². The van der Waals surface area contributed by atoms with Crippen molar-refractivity contribution >= 4 is 11.6 Å². The molecule has 1 aliphatic rings. The van der Waals surface area contributed by atoms with Gasteiger partial charge in [-0.1, -0.05) is 6.92 Å². The molecule has 1 N–H and O–H groups in total. The average Bonchev–Trinajstić information content (AvgIpc) is 3.22. The lowest BCUT2D eigenvalue weighted by molar-refractivity contribution is -0.120. The van der Waals surface area contributed by atoms with Crippen LogP contribution >= 0.6 is 0 Å². The SMILES string of the molecule is CCc1nn(C)cc1CN1CCC[C@@H]1C(=O)Nc1ccc(OC)cc1. The van der Waals surface area contributed by atoms with Crippen molar-refractivity contribution in [2.75, 3.05) is 19.0 Å². The summed E-state index contributed by atoms with van der Waals surface area (Å²) in [5.74, 6) is 0.841. The van der Waals surface area contributed by atoms with Gasteiger partial charge in [-0.2, -0.15) is 5.10 Å². The molecule has 2 aromatic rings. The molecule has 25 heavy (non-hydrogen) atoms. The number of rotatable bonds is 6. The molecule has 0 aliphatic carbocycles. The molecular formula is C19H26N4O2. The third kappa shape index (κ3) is 4.02. The first-order chi connectivity index (χ1) is 12.1. The van der Waals surface area contributed by atoms with E-state index in [2.05, 4.69) is 28.4 Å². The summed E-state index contributed by atoms with van der Waals surface area (Å²) in [7, 11) is 3.58. The molecule has 1 fully saturated rings. The Hall–Kier alpha value is -2.34. The van der Waals surface area contributed by atoms with Crippen molar-refractivity contribution in [3.05, 3.63) is 41.7 Å². The second-order valence-electron chi connectivity index (χ2n) is 6.47.